The number of benzene rings is 1. The first-order valence-corrected chi connectivity index (χ1v) is 15.2. The molecular formula is C34H51NO2. The van der Waals surface area contributed by atoms with Crippen molar-refractivity contribution in [2.24, 2.45) is 5.92 Å². The van der Waals surface area contributed by atoms with Crippen LogP contribution in [0, 0.1) is 5.92 Å². The summed E-state index contributed by atoms with van der Waals surface area (Å²) in [5, 5.41) is 0. The molecular weight excluding hydrogens is 454 g/mol. The summed E-state index contributed by atoms with van der Waals surface area (Å²) in [5.74, 6) is 0.519. The summed E-state index contributed by atoms with van der Waals surface area (Å²) in [4.78, 5) is 4.71. The Bertz CT molecular complexity index is 837. The molecule has 0 amide bonds. The Kier molecular flexibility index (Phi) is 14.6. The fourth-order valence-electron chi connectivity index (χ4n) is 5.17. The van der Waals surface area contributed by atoms with Gasteiger partial charge in [-0.15, -0.1) is 6.58 Å². The minimum Gasteiger partial charge on any atom is -0.348 e. The highest BCUT2D eigenvalue weighted by molar-refractivity contribution is 5.59. The predicted octanol–water partition coefficient (Wildman–Crippen LogP) is 10.0. The molecule has 0 radical (unpaired) electrons. The molecule has 2 aromatic rings. The van der Waals surface area contributed by atoms with E-state index in [1.165, 1.54) is 107 Å². The molecule has 0 unspecified atom stereocenters. The maximum Gasteiger partial charge on any atom is 0.185 e. The molecule has 0 atom stereocenters. The lowest BCUT2D eigenvalue weighted by molar-refractivity contribution is -0.206. The third kappa shape index (κ3) is 11.5. The Balaban J connectivity index is 1.31. The summed E-state index contributed by atoms with van der Waals surface area (Å²) < 4.78 is 12.1. The summed E-state index contributed by atoms with van der Waals surface area (Å²) in [6.07, 6.45) is 24.6. The van der Waals surface area contributed by atoms with Gasteiger partial charge in [0, 0.05) is 23.2 Å². The number of ether oxygens (including phenoxy) is 2. The fraction of sp³-hybridized carbons (Fsp3) is 0.618. The number of aryl methyl sites for hydroxylation is 1. The van der Waals surface area contributed by atoms with Crippen molar-refractivity contribution in [2.45, 2.75) is 116 Å². The first-order chi connectivity index (χ1) is 18.3. The average Bonchev–Trinajstić information content (AvgIpc) is 2.95. The van der Waals surface area contributed by atoms with Crippen molar-refractivity contribution >= 4 is 0 Å². The Hall–Kier alpha value is -1.97. The highest BCUT2D eigenvalue weighted by Crippen LogP contribution is 2.28. The van der Waals surface area contributed by atoms with Crippen LogP contribution in [-0.4, -0.2) is 18.2 Å². The normalized spacial score (nSPS) is 17.6. The fourth-order valence-corrected chi connectivity index (χ4v) is 5.17. The van der Waals surface area contributed by atoms with Crippen molar-refractivity contribution < 1.29 is 9.47 Å². The minimum atomic E-state index is -0.284. The molecule has 0 spiro atoms. The van der Waals surface area contributed by atoms with E-state index in [0.29, 0.717) is 5.92 Å². The van der Waals surface area contributed by atoms with E-state index in [9.17, 15) is 0 Å². The zero-order valence-corrected chi connectivity index (χ0v) is 23.5. The van der Waals surface area contributed by atoms with Gasteiger partial charge in [0.1, 0.15) is 0 Å². The van der Waals surface area contributed by atoms with Crippen LogP contribution in [0.15, 0.2) is 55.3 Å². The molecule has 1 aliphatic rings. The van der Waals surface area contributed by atoms with Crippen molar-refractivity contribution in [3.8, 4) is 11.3 Å². The van der Waals surface area contributed by atoms with Crippen LogP contribution >= 0.6 is 0 Å². The number of unbranched alkanes of at least 4 members (excludes halogenated alkanes) is 12. The zero-order chi connectivity index (χ0) is 26.0. The quantitative estimate of drug-likeness (QED) is 0.141. The summed E-state index contributed by atoms with van der Waals surface area (Å²) in [6.45, 7) is 7.64. The van der Waals surface area contributed by atoms with E-state index in [1.54, 1.807) is 0 Å². The van der Waals surface area contributed by atoms with Crippen LogP contribution in [0.25, 0.3) is 11.3 Å². The van der Waals surface area contributed by atoms with Crippen LogP contribution in [0.2, 0.25) is 0 Å². The van der Waals surface area contributed by atoms with E-state index >= 15 is 0 Å². The second kappa shape index (κ2) is 18.3. The lowest BCUT2D eigenvalue weighted by Gasteiger charge is -2.29. The maximum atomic E-state index is 6.07. The van der Waals surface area contributed by atoms with Gasteiger partial charge in [-0.05, 0) is 43.7 Å². The Morgan fingerprint density at radius 1 is 0.784 bits per heavy atom. The van der Waals surface area contributed by atoms with Crippen molar-refractivity contribution in [1.82, 2.24) is 4.98 Å². The number of pyridine rings is 1. The smallest absolute Gasteiger partial charge is 0.185 e. The molecule has 1 aromatic carbocycles. The first kappa shape index (κ1) is 29.6. The molecule has 3 rings (SSSR count). The Morgan fingerprint density at radius 2 is 1.43 bits per heavy atom. The summed E-state index contributed by atoms with van der Waals surface area (Å²) in [7, 11) is 0. The molecule has 0 aliphatic carbocycles. The molecule has 204 valence electrons. The number of nitrogens with zero attached hydrogens (tertiary/aromatic N) is 1. The molecule has 1 saturated heterocycles. The van der Waals surface area contributed by atoms with Gasteiger partial charge in [-0.1, -0.05) is 114 Å². The maximum absolute atomic E-state index is 6.07. The highest BCUT2D eigenvalue weighted by Gasteiger charge is 2.23. The number of hydrogen-bond donors (Lipinski definition) is 0. The van der Waals surface area contributed by atoms with Crippen LogP contribution in [0.1, 0.15) is 121 Å². The number of aromatic nitrogens is 1. The van der Waals surface area contributed by atoms with Crippen LogP contribution in [0.5, 0.6) is 0 Å². The molecule has 1 aromatic heterocycles. The van der Waals surface area contributed by atoms with Crippen molar-refractivity contribution in [1.29, 1.82) is 0 Å². The zero-order valence-electron chi connectivity index (χ0n) is 23.5. The molecule has 1 aliphatic heterocycles. The van der Waals surface area contributed by atoms with Gasteiger partial charge < -0.3 is 9.47 Å². The highest BCUT2D eigenvalue weighted by atomic mass is 16.7. The van der Waals surface area contributed by atoms with Crippen molar-refractivity contribution in [2.75, 3.05) is 13.2 Å². The predicted molar refractivity (Wildman–Crippen MR) is 157 cm³/mol. The minimum absolute atomic E-state index is 0.284. The van der Waals surface area contributed by atoms with E-state index in [0.717, 1.165) is 30.9 Å². The van der Waals surface area contributed by atoms with Crippen molar-refractivity contribution in [3.05, 3.63) is 66.4 Å². The van der Waals surface area contributed by atoms with Crippen LogP contribution < -0.4 is 0 Å². The SMILES string of the molecule is C=CCCCCCCCCCC1COC(c2ccc(-c3ccc(CCCCCCCC)cc3)nc2)OC1. The van der Waals surface area contributed by atoms with Gasteiger partial charge in [0.15, 0.2) is 6.29 Å². The summed E-state index contributed by atoms with van der Waals surface area (Å²) in [5.41, 5.74) is 4.61. The van der Waals surface area contributed by atoms with Gasteiger partial charge in [0.2, 0.25) is 0 Å². The monoisotopic (exact) mass is 505 g/mol. The van der Waals surface area contributed by atoms with Gasteiger partial charge in [0.25, 0.3) is 0 Å². The Labute approximate surface area is 227 Å². The lowest BCUT2D eigenvalue weighted by atomic mass is 10.0. The molecule has 0 N–H and O–H groups in total. The number of hydrogen-bond acceptors (Lipinski definition) is 3. The summed E-state index contributed by atoms with van der Waals surface area (Å²) >= 11 is 0. The lowest BCUT2D eigenvalue weighted by Crippen LogP contribution is -2.27. The third-order valence-electron chi connectivity index (χ3n) is 7.61. The van der Waals surface area contributed by atoms with E-state index in [4.69, 9.17) is 14.5 Å². The second-order valence-corrected chi connectivity index (χ2v) is 10.9. The third-order valence-corrected chi connectivity index (χ3v) is 7.61. The summed E-state index contributed by atoms with van der Waals surface area (Å²) in [6, 6.07) is 13.1. The molecule has 2 heterocycles. The Morgan fingerprint density at radius 3 is 2.08 bits per heavy atom. The van der Waals surface area contributed by atoms with E-state index in [2.05, 4.69) is 49.9 Å². The van der Waals surface area contributed by atoms with Crippen LogP contribution in [0.4, 0.5) is 0 Å². The molecule has 3 nitrogen and oxygen atoms in total. The van der Waals surface area contributed by atoms with E-state index < -0.39 is 0 Å². The number of rotatable bonds is 19. The standard InChI is InChI=1S/C34H51NO2/c1-3-5-7-9-11-12-13-15-17-19-30-27-36-34(37-28-30)32-24-25-33(35-26-32)31-22-20-29(21-23-31)18-16-14-10-8-6-4-2/h3,20-26,30,34H,1,4-19,27-28H2,2H3. The van der Waals surface area contributed by atoms with Crippen molar-refractivity contribution in [3.63, 3.8) is 0 Å². The topological polar surface area (TPSA) is 31.4 Å². The largest absolute Gasteiger partial charge is 0.348 e. The molecule has 3 heteroatoms. The molecule has 0 bridgehead atoms. The van der Waals surface area contributed by atoms with E-state index in [-0.39, 0.29) is 6.29 Å². The number of allylic oxidation sites excluding steroid dienone is 1. The molecule has 0 saturated carbocycles. The van der Waals surface area contributed by atoms with Gasteiger partial charge in [-0.3, -0.25) is 4.98 Å². The second-order valence-electron chi connectivity index (χ2n) is 10.9. The molecule has 37 heavy (non-hydrogen) atoms. The van der Waals surface area contributed by atoms with Crippen LogP contribution in [-0.2, 0) is 15.9 Å². The first-order valence-electron chi connectivity index (χ1n) is 15.2. The average molecular weight is 506 g/mol. The van der Waals surface area contributed by atoms with Crippen LogP contribution in [0.3, 0.4) is 0 Å². The van der Waals surface area contributed by atoms with Gasteiger partial charge in [0.05, 0.1) is 18.9 Å². The molecule has 1 fully saturated rings. The van der Waals surface area contributed by atoms with Gasteiger partial charge >= 0.3 is 0 Å². The van der Waals surface area contributed by atoms with Gasteiger partial charge in [-0.2, -0.15) is 0 Å². The van der Waals surface area contributed by atoms with E-state index in [1.807, 2.05) is 12.3 Å². The van der Waals surface area contributed by atoms with Gasteiger partial charge in [-0.25, -0.2) is 0 Å².